The van der Waals surface area contributed by atoms with Crippen molar-refractivity contribution in [1.82, 2.24) is 14.8 Å². The molecule has 0 bridgehead atoms. The third-order valence-electron chi connectivity index (χ3n) is 2.95. The van der Waals surface area contributed by atoms with Crippen molar-refractivity contribution in [3.8, 4) is 0 Å². The molecule has 1 aromatic heterocycles. The maximum Gasteiger partial charge on any atom is 0.321 e. The monoisotopic (exact) mass is 293 g/mol. The second kappa shape index (κ2) is 6.52. The van der Waals surface area contributed by atoms with Crippen molar-refractivity contribution >= 4 is 17.6 Å². The number of aryl methyl sites for hydroxylation is 1. The molecular weight excluding hydrogens is 278 g/mol. The molecule has 0 amide bonds. The van der Waals surface area contributed by atoms with Gasteiger partial charge in [-0.25, -0.2) is 0 Å². The first-order valence-electron chi connectivity index (χ1n) is 6.47. The van der Waals surface area contributed by atoms with E-state index in [9.17, 15) is 4.79 Å². The Balaban J connectivity index is 2.47. The first kappa shape index (κ1) is 14.5. The van der Waals surface area contributed by atoms with Gasteiger partial charge in [0.2, 0.25) is 0 Å². The highest BCUT2D eigenvalue weighted by Crippen LogP contribution is 2.26. The Hall–Kier alpha value is -1.88. The molecule has 2 rings (SSSR count). The predicted octanol–water partition coefficient (Wildman–Crippen LogP) is 2.65. The van der Waals surface area contributed by atoms with Gasteiger partial charge in [0.05, 0.1) is 6.61 Å². The van der Waals surface area contributed by atoms with E-state index in [4.69, 9.17) is 16.3 Å². The third kappa shape index (κ3) is 2.99. The van der Waals surface area contributed by atoms with Gasteiger partial charge in [-0.05, 0) is 31.5 Å². The normalized spacial score (nSPS) is 12.2. The number of aromatic nitrogens is 3. The lowest BCUT2D eigenvalue weighted by Gasteiger charge is -2.16. The van der Waals surface area contributed by atoms with Crippen LogP contribution in [0.4, 0.5) is 0 Å². The van der Waals surface area contributed by atoms with E-state index in [1.165, 1.54) is 0 Å². The van der Waals surface area contributed by atoms with Crippen molar-refractivity contribution < 1.29 is 9.53 Å². The Morgan fingerprint density at radius 3 is 2.90 bits per heavy atom. The fourth-order valence-corrected chi connectivity index (χ4v) is 2.23. The number of halogens is 1. The molecule has 0 fully saturated rings. The number of benzene rings is 1. The molecule has 0 radical (unpaired) electrons. The molecule has 5 nitrogen and oxygen atoms in total. The van der Waals surface area contributed by atoms with E-state index in [1.54, 1.807) is 31.5 Å². The standard InChI is InChI=1S/C14H16ClN3O2/c1-3-18-9-16-17-13(18)12(14(19)20-4-2)10-6-5-7-11(15)8-10/h5-9,12H,3-4H2,1-2H3. The first-order chi connectivity index (χ1) is 9.67. The van der Waals surface area contributed by atoms with Gasteiger partial charge in [0.25, 0.3) is 0 Å². The molecule has 2 aromatic rings. The lowest BCUT2D eigenvalue weighted by atomic mass is 9.98. The van der Waals surface area contributed by atoms with Gasteiger partial charge in [0, 0.05) is 11.6 Å². The highest BCUT2D eigenvalue weighted by Gasteiger charge is 2.29. The Labute approximate surface area is 122 Å². The molecule has 20 heavy (non-hydrogen) atoms. The summed E-state index contributed by atoms with van der Waals surface area (Å²) in [4.78, 5) is 12.3. The summed E-state index contributed by atoms with van der Waals surface area (Å²) in [6.45, 7) is 4.74. The molecule has 0 aliphatic heterocycles. The number of rotatable bonds is 5. The zero-order valence-corrected chi connectivity index (χ0v) is 12.2. The number of nitrogens with zero attached hydrogens (tertiary/aromatic N) is 3. The predicted molar refractivity (Wildman–Crippen MR) is 75.6 cm³/mol. The van der Waals surface area contributed by atoms with Crippen LogP contribution >= 0.6 is 11.6 Å². The third-order valence-corrected chi connectivity index (χ3v) is 3.18. The van der Waals surface area contributed by atoms with Crippen molar-refractivity contribution in [1.29, 1.82) is 0 Å². The molecular formula is C14H16ClN3O2. The summed E-state index contributed by atoms with van der Waals surface area (Å²) in [7, 11) is 0. The zero-order chi connectivity index (χ0) is 14.5. The number of hydrogen-bond donors (Lipinski definition) is 0. The largest absolute Gasteiger partial charge is 0.465 e. The molecule has 0 aliphatic carbocycles. The maximum atomic E-state index is 12.3. The van der Waals surface area contributed by atoms with Crippen LogP contribution in [0, 0.1) is 0 Å². The Morgan fingerprint density at radius 2 is 2.25 bits per heavy atom. The number of esters is 1. The quantitative estimate of drug-likeness (QED) is 0.795. The van der Waals surface area contributed by atoms with Gasteiger partial charge in [-0.1, -0.05) is 23.7 Å². The minimum atomic E-state index is -0.615. The second-order valence-corrected chi connectivity index (χ2v) is 4.65. The van der Waals surface area contributed by atoms with Crippen molar-refractivity contribution in [2.24, 2.45) is 0 Å². The van der Waals surface area contributed by atoms with Crippen LogP contribution in [-0.4, -0.2) is 27.3 Å². The Morgan fingerprint density at radius 1 is 1.45 bits per heavy atom. The Kier molecular flexibility index (Phi) is 4.74. The van der Waals surface area contributed by atoms with Gasteiger partial charge in [-0.15, -0.1) is 10.2 Å². The van der Waals surface area contributed by atoms with E-state index in [-0.39, 0.29) is 5.97 Å². The molecule has 1 heterocycles. The second-order valence-electron chi connectivity index (χ2n) is 4.22. The van der Waals surface area contributed by atoms with Crippen LogP contribution in [0.3, 0.4) is 0 Å². The van der Waals surface area contributed by atoms with Crippen LogP contribution < -0.4 is 0 Å². The van der Waals surface area contributed by atoms with E-state index in [0.29, 0.717) is 24.0 Å². The topological polar surface area (TPSA) is 57.0 Å². The van der Waals surface area contributed by atoms with E-state index < -0.39 is 5.92 Å². The van der Waals surface area contributed by atoms with Crippen LogP contribution in [0.2, 0.25) is 5.02 Å². The fourth-order valence-electron chi connectivity index (χ4n) is 2.03. The van der Waals surface area contributed by atoms with Gasteiger partial charge in [-0.3, -0.25) is 4.79 Å². The molecule has 106 valence electrons. The number of carbonyl (C=O) groups excluding carboxylic acids is 1. The van der Waals surface area contributed by atoms with Crippen LogP contribution in [0.1, 0.15) is 31.2 Å². The molecule has 0 saturated carbocycles. The lowest BCUT2D eigenvalue weighted by Crippen LogP contribution is -2.21. The summed E-state index contributed by atoms with van der Waals surface area (Å²) in [6, 6.07) is 7.15. The van der Waals surface area contributed by atoms with Crippen molar-refractivity contribution in [2.45, 2.75) is 26.3 Å². The van der Waals surface area contributed by atoms with Crippen molar-refractivity contribution in [3.63, 3.8) is 0 Å². The van der Waals surface area contributed by atoms with Crippen LogP contribution in [-0.2, 0) is 16.1 Å². The molecule has 0 N–H and O–H groups in total. The van der Waals surface area contributed by atoms with Crippen molar-refractivity contribution in [2.75, 3.05) is 6.61 Å². The molecule has 1 atom stereocenters. The summed E-state index contributed by atoms with van der Waals surface area (Å²) in [5, 5.41) is 8.51. The average molecular weight is 294 g/mol. The van der Waals surface area contributed by atoms with Crippen molar-refractivity contribution in [3.05, 3.63) is 47.0 Å². The van der Waals surface area contributed by atoms with Gasteiger partial charge in [0.1, 0.15) is 12.2 Å². The summed E-state index contributed by atoms with van der Waals surface area (Å²) < 4.78 is 6.98. The lowest BCUT2D eigenvalue weighted by molar-refractivity contribution is -0.144. The number of ether oxygens (including phenoxy) is 1. The number of carbonyl (C=O) groups is 1. The SMILES string of the molecule is CCOC(=O)C(c1cccc(Cl)c1)c1nncn1CC. The fraction of sp³-hybridized carbons (Fsp3) is 0.357. The average Bonchev–Trinajstić information content (AvgIpc) is 2.87. The molecule has 0 saturated heterocycles. The van der Waals surface area contributed by atoms with Gasteiger partial charge in [0.15, 0.2) is 5.82 Å². The van der Waals surface area contributed by atoms with Crippen LogP contribution in [0.15, 0.2) is 30.6 Å². The minimum Gasteiger partial charge on any atom is -0.465 e. The highest BCUT2D eigenvalue weighted by molar-refractivity contribution is 6.30. The summed E-state index contributed by atoms with van der Waals surface area (Å²) >= 11 is 6.01. The minimum absolute atomic E-state index is 0.316. The smallest absolute Gasteiger partial charge is 0.321 e. The van der Waals surface area contributed by atoms with Gasteiger partial charge in [-0.2, -0.15) is 0 Å². The van der Waals surface area contributed by atoms with Crippen LogP contribution in [0.5, 0.6) is 0 Å². The van der Waals surface area contributed by atoms with E-state index in [1.807, 2.05) is 17.6 Å². The summed E-state index contributed by atoms with van der Waals surface area (Å²) in [5.41, 5.74) is 0.749. The Bertz CT molecular complexity index is 598. The molecule has 1 aromatic carbocycles. The van der Waals surface area contributed by atoms with Gasteiger partial charge < -0.3 is 9.30 Å². The molecule has 1 unspecified atom stereocenters. The van der Waals surface area contributed by atoms with Gasteiger partial charge >= 0.3 is 5.97 Å². The molecule has 6 heteroatoms. The molecule has 0 aliphatic rings. The van der Waals surface area contributed by atoms with E-state index >= 15 is 0 Å². The summed E-state index contributed by atoms with van der Waals surface area (Å²) in [5.74, 6) is -0.401. The van der Waals surface area contributed by atoms with E-state index in [2.05, 4.69) is 10.2 Å². The number of hydrogen-bond acceptors (Lipinski definition) is 4. The van der Waals surface area contributed by atoms with E-state index in [0.717, 1.165) is 5.56 Å². The zero-order valence-electron chi connectivity index (χ0n) is 11.4. The first-order valence-corrected chi connectivity index (χ1v) is 6.85. The molecule has 0 spiro atoms. The summed E-state index contributed by atoms with van der Waals surface area (Å²) in [6.07, 6.45) is 1.60. The van der Waals surface area contributed by atoms with Crippen LogP contribution in [0.25, 0.3) is 0 Å². The maximum absolute atomic E-state index is 12.3. The highest BCUT2D eigenvalue weighted by atomic mass is 35.5.